The van der Waals surface area contributed by atoms with Crippen LogP contribution in [0.1, 0.15) is 12.5 Å². The molecule has 0 bridgehead atoms. The first-order chi connectivity index (χ1) is 7.34. The molecule has 0 saturated heterocycles. The van der Waals surface area contributed by atoms with Crippen LogP contribution in [-0.2, 0) is 0 Å². The number of hydrogen-bond acceptors (Lipinski definition) is 3. The monoisotopic (exact) mass is 200 g/mol. The van der Waals surface area contributed by atoms with Crippen LogP contribution in [0.5, 0.6) is 0 Å². The van der Waals surface area contributed by atoms with Gasteiger partial charge < -0.3 is 9.73 Å². The largest absolute Gasteiger partial charge is 0.464 e. The third-order valence-electron chi connectivity index (χ3n) is 2.64. The van der Waals surface area contributed by atoms with Crippen LogP contribution in [0.3, 0.4) is 0 Å². The number of aliphatic imine (C=N–C) groups is 1. The Morgan fingerprint density at radius 2 is 2.27 bits per heavy atom. The maximum atomic E-state index is 5.48. The highest BCUT2D eigenvalue weighted by Gasteiger charge is 2.17. The van der Waals surface area contributed by atoms with Gasteiger partial charge in [-0.1, -0.05) is 18.2 Å². The molecule has 0 fully saturated rings. The smallest absolute Gasteiger partial charge is 0.134 e. The average Bonchev–Trinajstić information content (AvgIpc) is 2.83. The Kier molecular flexibility index (Phi) is 1.78. The standard InChI is InChI=1S/C12H12N2O/c1-8-6-13-12(14-8)10-7-15-11-5-3-2-4-9(10)11/h2-5,7-8H,6H2,1H3,(H,13,14). The molecule has 1 unspecified atom stereocenters. The summed E-state index contributed by atoms with van der Waals surface area (Å²) in [5.41, 5.74) is 1.98. The molecule has 3 rings (SSSR count). The Balaban J connectivity index is 2.12. The zero-order chi connectivity index (χ0) is 10.3. The summed E-state index contributed by atoms with van der Waals surface area (Å²) in [4.78, 5) is 4.45. The molecule has 2 aromatic rings. The maximum absolute atomic E-state index is 5.48. The summed E-state index contributed by atoms with van der Waals surface area (Å²) in [5, 5.41) is 4.46. The summed E-state index contributed by atoms with van der Waals surface area (Å²) >= 11 is 0. The van der Waals surface area contributed by atoms with Crippen molar-refractivity contribution < 1.29 is 4.42 Å². The lowest BCUT2D eigenvalue weighted by molar-refractivity contribution is 0.614. The first-order valence-corrected chi connectivity index (χ1v) is 5.12. The SMILES string of the molecule is CC1CN=C(c2coc3ccccc23)N1. The van der Waals surface area contributed by atoms with Crippen molar-refractivity contribution in [3.05, 3.63) is 36.1 Å². The Labute approximate surface area is 87.8 Å². The van der Waals surface area contributed by atoms with E-state index in [0.29, 0.717) is 6.04 Å². The third kappa shape index (κ3) is 1.31. The molecule has 1 aromatic heterocycles. The minimum absolute atomic E-state index is 0.425. The summed E-state index contributed by atoms with van der Waals surface area (Å²) in [6.45, 7) is 2.97. The first-order valence-electron chi connectivity index (χ1n) is 5.12. The molecule has 0 amide bonds. The molecule has 0 saturated carbocycles. The van der Waals surface area contributed by atoms with E-state index in [1.165, 1.54) is 0 Å². The van der Waals surface area contributed by atoms with Gasteiger partial charge in [0, 0.05) is 11.4 Å². The lowest BCUT2D eigenvalue weighted by atomic mass is 10.1. The highest BCUT2D eigenvalue weighted by atomic mass is 16.3. The van der Waals surface area contributed by atoms with E-state index >= 15 is 0 Å². The normalized spacial score (nSPS) is 20.3. The Bertz CT molecular complexity index is 527. The van der Waals surface area contributed by atoms with Crippen molar-refractivity contribution in [2.24, 2.45) is 4.99 Å². The first kappa shape index (κ1) is 8.53. The van der Waals surface area contributed by atoms with Gasteiger partial charge in [-0.05, 0) is 13.0 Å². The van der Waals surface area contributed by atoms with Crippen LogP contribution in [-0.4, -0.2) is 18.4 Å². The van der Waals surface area contributed by atoms with E-state index in [0.717, 1.165) is 28.9 Å². The van der Waals surface area contributed by atoms with Crippen molar-refractivity contribution in [2.75, 3.05) is 6.54 Å². The molecule has 2 heterocycles. The predicted molar refractivity (Wildman–Crippen MR) is 60.2 cm³/mol. The molecule has 1 N–H and O–H groups in total. The molecule has 1 aliphatic heterocycles. The van der Waals surface area contributed by atoms with Crippen LogP contribution in [0, 0.1) is 0 Å². The topological polar surface area (TPSA) is 37.5 Å². The van der Waals surface area contributed by atoms with Crippen molar-refractivity contribution in [2.45, 2.75) is 13.0 Å². The van der Waals surface area contributed by atoms with E-state index < -0.39 is 0 Å². The number of hydrogen-bond donors (Lipinski definition) is 1. The molecular weight excluding hydrogens is 188 g/mol. The van der Waals surface area contributed by atoms with Gasteiger partial charge >= 0.3 is 0 Å². The summed E-state index contributed by atoms with van der Waals surface area (Å²) in [7, 11) is 0. The van der Waals surface area contributed by atoms with E-state index in [1.54, 1.807) is 6.26 Å². The molecule has 3 heteroatoms. The van der Waals surface area contributed by atoms with Gasteiger partial charge in [0.2, 0.25) is 0 Å². The molecule has 0 radical (unpaired) electrons. The molecule has 1 aliphatic rings. The quantitative estimate of drug-likeness (QED) is 0.766. The fourth-order valence-corrected chi connectivity index (χ4v) is 1.88. The minimum Gasteiger partial charge on any atom is -0.464 e. The molecule has 0 aliphatic carbocycles. The van der Waals surface area contributed by atoms with E-state index in [4.69, 9.17) is 4.42 Å². The Hall–Kier alpha value is -1.77. The molecule has 3 nitrogen and oxygen atoms in total. The summed E-state index contributed by atoms with van der Waals surface area (Å²) in [6, 6.07) is 8.44. The fraction of sp³-hybridized carbons (Fsp3) is 0.250. The van der Waals surface area contributed by atoms with Gasteiger partial charge in [0.1, 0.15) is 17.7 Å². The van der Waals surface area contributed by atoms with Crippen LogP contribution in [0.2, 0.25) is 0 Å². The maximum Gasteiger partial charge on any atom is 0.134 e. The van der Waals surface area contributed by atoms with Gasteiger partial charge in [0.25, 0.3) is 0 Å². The second kappa shape index (κ2) is 3.12. The number of para-hydroxylation sites is 1. The lowest BCUT2D eigenvalue weighted by Crippen LogP contribution is -2.27. The van der Waals surface area contributed by atoms with Crippen molar-refractivity contribution in [1.29, 1.82) is 0 Å². The minimum atomic E-state index is 0.425. The van der Waals surface area contributed by atoms with Crippen molar-refractivity contribution in [3.63, 3.8) is 0 Å². The van der Waals surface area contributed by atoms with Crippen molar-refractivity contribution >= 4 is 16.8 Å². The molecule has 0 spiro atoms. The van der Waals surface area contributed by atoms with E-state index in [9.17, 15) is 0 Å². The number of fused-ring (bicyclic) bond motifs is 1. The average molecular weight is 200 g/mol. The van der Waals surface area contributed by atoms with E-state index in [1.807, 2.05) is 18.2 Å². The van der Waals surface area contributed by atoms with Crippen molar-refractivity contribution in [3.8, 4) is 0 Å². The Morgan fingerprint density at radius 3 is 3.07 bits per heavy atom. The van der Waals surface area contributed by atoms with Gasteiger partial charge in [-0.2, -0.15) is 0 Å². The van der Waals surface area contributed by atoms with Gasteiger partial charge in [-0.3, -0.25) is 4.99 Å². The van der Waals surface area contributed by atoms with Gasteiger partial charge in [0.05, 0.1) is 12.1 Å². The highest BCUT2D eigenvalue weighted by molar-refractivity contribution is 6.09. The number of benzene rings is 1. The number of nitrogens with zero attached hydrogens (tertiary/aromatic N) is 1. The van der Waals surface area contributed by atoms with Gasteiger partial charge in [-0.15, -0.1) is 0 Å². The van der Waals surface area contributed by atoms with Crippen LogP contribution in [0.4, 0.5) is 0 Å². The lowest BCUT2D eigenvalue weighted by Gasteiger charge is -2.03. The number of furan rings is 1. The molecule has 76 valence electrons. The predicted octanol–water partition coefficient (Wildman–Crippen LogP) is 2.17. The Morgan fingerprint density at radius 1 is 1.40 bits per heavy atom. The number of amidine groups is 1. The van der Waals surface area contributed by atoms with Crippen LogP contribution in [0.15, 0.2) is 39.9 Å². The number of rotatable bonds is 1. The highest BCUT2D eigenvalue weighted by Crippen LogP contribution is 2.21. The summed E-state index contributed by atoms with van der Waals surface area (Å²) in [6.07, 6.45) is 1.77. The molecule has 1 aromatic carbocycles. The third-order valence-corrected chi connectivity index (χ3v) is 2.64. The zero-order valence-electron chi connectivity index (χ0n) is 8.53. The number of nitrogens with one attached hydrogen (secondary N) is 1. The van der Waals surface area contributed by atoms with Crippen molar-refractivity contribution in [1.82, 2.24) is 5.32 Å². The van der Waals surface area contributed by atoms with Crippen LogP contribution >= 0.6 is 0 Å². The summed E-state index contributed by atoms with van der Waals surface area (Å²) in [5.74, 6) is 0.951. The molecule has 1 atom stereocenters. The van der Waals surface area contributed by atoms with Gasteiger partial charge in [-0.25, -0.2) is 0 Å². The fourth-order valence-electron chi connectivity index (χ4n) is 1.88. The zero-order valence-corrected chi connectivity index (χ0v) is 8.53. The van der Waals surface area contributed by atoms with E-state index in [2.05, 4.69) is 23.3 Å². The van der Waals surface area contributed by atoms with Crippen LogP contribution < -0.4 is 5.32 Å². The molecule has 15 heavy (non-hydrogen) atoms. The van der Waals surface area contributed by atoms with Crippen LogP contribution in [0.25, 0.3) is 11.0 Å². The van der Waals surface area contributed by atoms with E-state index in [-0.39, 0.29) is 0 Å². The molecular formula is C12H12N2O. The second-order valence-corrected chi connectivity index (χ2v) is 3.88. The van der Waals surface area contributed by atoms with Gasteiger partial charge in [0.15, 0.2) is 0 Å². The second-order valence-electron chi connectivity index (χ2n) is 3.88. The summed E-state index contributed by atoms with van der Waals surface area (Å²) < 4.78 is 5.48.